The molecule has 1 unspecified atom stereocenters. The van der Waals surface area contributed by atoms with Crippen LogP contribution in [0, 0.1) is 0 Å². The molecule has 1 atom stereocenters. The van der Waals surface area contributed by atoms with Crippen molar-refractivity contribution in [3.05, 3.63) is 34.9 Å². The van der Waals surface area contributed by atoms with Crippen molar-refractivity contribution in [3.8, 4) is 0 Å². The zero-order valence-electron chi connectivity index (χ0n) is 10.9. The number of unbranched alkanes of at least 4 members (excludes halogenated alkanes) is 1. The molecule has 90 valence electrons. The van der Waals surface area contributed by atoms with Gasteiger partial charge in [-0.2, -0.15) is 0 Å². The average molecular weight is 219 g/mol. The highest BCUT2D eigenvalue weighted by atomic mass is 14.6. The molecule has 1 heteroatoms. The first-order chi connectivity index (χ1) is 7.74. The van der Waals surface area contributed by atoms with Gasteiger partial charge in [-0.1, -0.05) is 51.8 Å². The fraction of sp³-hybridized carbons (Fsp3) is 0.600. The van der Waals surface area contributed by atoms with Gasteiger partial charge in [-0.25, -0.2) is 0 Å². The van der Waals surface area contributed by atoms with Crippen molar-refractivity contribution in [2.45, 2.75) is 58.9 Å². The molecule has 0 amide bonds. The van der Waals surface area contributed by atoms with Gasteiger partial charge in [0.15, 0.2) is 0 Å². The molecule has 1 rings (SSSR count). The lowest BCUT2D eigenvalue weighted by Crippen LogP contribution is -2.13. The molecule has 0 aromatic heterocycles. The standard InChI is InChI=1S/C15H25N/c1-4-7-11-15(16)14-10-8-9-12(5-2)13(14)6-3/h8-10,15H,4-7,11,16H2,1-3H3. The third-order valence-electron chi connectivity index (χ3n) is 3.31. The monoisotopic (exact) mass is 219 g/mol. The maximum atomic E-state index is 6.28. The van der Waals surface area contributed by atoms with Crippen LogP contribution in [-0.2, 0) is 12.8 Å². The van der Waals surface area contributed by atoms with Crippen LogP contribution in [0.4, 0.5) is 0 Å². The summed E-state index contributed by atoms with van der Waals surface area (Å²) in [4.78, 5) is 0. The lowest BCUT2D eigenvalue weighted by atomic mass is 9.91. The smallest absolute Gasteiger partial charge is 0.0297 e. The molecule has 0 heterocycles. The molecule has 0 saturated heterocycles. The molecule has 0 radical (unpaired) electrons. The molecule has 0 fully saturated rings. The molecule has 0 spiro atoms. The maximum absolute atomic E-state index is 6.28. The van der Waals surface area contributed by atoms with Gasteiger partial charge in [0.1, 0.15) is 0 Å². The van der Waals surface area contributed by atoms with Gasteiger partial charge in [0, 0.05) is 6.04 Å². The van der Waals surface area contributed by atoms with Gasteiger partial charge >= 0.3 is 0 Å². The van der Waals surface area contributed by atoms with Gasteiger partial charge in [0.05, 0.1) is 0 Å². The van der Waals surface area contributed by atoms with Crippen LogP contribution in [-0.4, -0.2) is 0 Å². The Balaban J connectivity index is 2.93. The zero-order chi connectivity index (χ0) is 12.0. The van der Waals surface area contributed by atoms with E-state index in [0.29, 0.717) is 0 Å². The van der Waals surface area contributed by atoms with Crippen LogP contribution < -0.4 is 5.73 Å². The van der Waals surface area contributed by atoms with Crippen molar-refractivity contribution in [2.75, 3.05) is 0 Å². The highest BCUT2D eigenvalue weighted by molar-refractivity contribution is 5.37. The Morgan fingerprint density at radius 3 is 2.44 bits per heavy atom. The Bertz CT molecular complexity index is 317. The molecule has 2 N–H and O–H groups in total. The lowest BCUT2D eigenvalue weighted by molar-refractivity contribution is 0.598. The SMILES string of the molecule is CCCCC(N)c1cccc(CC)c1CC. The predicted molar refractivity (Wildman–Crippen MR) is 71.7 cm³/mol. The number of aryl methyl sites for hydroxylation is 1. The highest BCUT2D eigenvalue weighted by Gasteiger charge is 2.11. The molecular formula is C15H25N. The highest BCUT2D eigenvalue weighted by Crippen LogP contribution is 2.24. The third-order valence-corrected chi connectivity index (χ3v) is 3.31. The van der Waals surface area contributed by atoms with E-state index in [1.54, 1.807) is 0 Å². The number of hydrogen-bond donors (Lipinski definition) is 1. The van der Waals surface area contributed by atoms with E-state index < -0.39 is 0 Å². The number of nitrogens with two attached hydrogens (primary N) is 1. The second kappa shape index (κ2) is 6.70. The molecule has 16 heavy (non-hydrogen) atoms. The topological polar surface area (TPSA) is 26.0 Å². The Morgan fingerprint density at radius 1 is 1.12 bits per heavy atom. The predicted octanol–water partition coefficient (Wildman–Crippen LogP) is 4.00. The van der Waals surface area contributed by atoms with Crippen molar-refractivity contribution < 1.29 is 0 Å². The molecule has 1 nitrogen and oxygen atoms in total. The molecule has 0 aliphatic rings. The summed E-state index contributed by atoms with van der Waals surface area (Å²) in [7, 11) is 0. The maximum Gasteiger partial charge on any atom is 0.0297 e. The van der Waals surface area contributed by atoms with E-state index in [2.05, 4.69) is 39.0 Å². The van der Waals surface area contributed by atoms with E-state index >= 15 is 0 Å². The molecule has 0 aliphatic heterocycles. The lowest BCUT2D eigenvalue weighted by Gasteiger charge is -2.18. The van der Waals surface area contributed by atoms with Crippen molar-refractivity contribution >= 4 is 0 Å². The van der Waals surface area contributed by atoms with Crippen LogP contribution in [0.15, 0.2) is 18.2 Å². The van der Waals surface area contributed by atoms with E-state index in [4.69, 9.17) is 5.73 Å². The first-order valence-electron chi connectivity index (χ1n) is 6.60. The fourth-order valence-corrected chi connectivity index (χ4v) is 2.34. The van der Waals surface area contributed by atoms with E-state index in [1.165, 1.54) is 29.5 Å². The van der Waals surface area contributed by atoms with Gasteiger partial charge in [-0.3, -0.25) is 0 Å². The van der Waals surface area contributed by atoms with Crippen molar-refractivity contribution in [1.29, 1.82) is 0 Å². The fourth-order valence-electron chi connectivity index (χ4n) is 2.34. The van der Waals surface area contributed by atoms with Gasteiger partial charge in [0.25, 0.3) is 0 Å². The van der Waals surface area contributed by atoms with Gasteiger partial charge in [-0.05, 0) is 36.0 Å². The van der Waals surface area contributed by atoms with E-state index in [-0.39, 0.29) is 6.04 Å². The van der Waals surface area contributed by atoms with Crippen LogP contribution in [0.2, 0.25) is 0 Å². The van der Waals surface area contributed by atoms with Crippen molar-refractivity contribution in [3.63, 3.8) is 0 Å². The van der Waals surface area contributed by atoms with E-state index in [9.17, 15) is 0 Å². The van der Waals surface area contributed by atoms with Gasteiger partial charge in [-0.15, -0.1) is 0 Å². The van der Waals surface area contributed by atoms with E-state index in [0.717, 1.165) is 19.3 Å². The molecular weight excluding hydrogens is 194 g/mol. The minimum absolute atomic E-state index is 0.224. The Morgan fingerprint density at radius 2 is 1.88 bits per heavy atom. The molecule has 1 aromatic carbocycles. The first kappa shape index (κ1) is 13.2. The molecule has 0 bridgehead atoms. The summed E-state index contributed by atoms with van der Waals surface area (Å²) in [5.41, 5.74) is 10.6. The number of benzene rings is 1. The molecule has 1 aromatic rings. The number of rotatable bonds is 6. The minimum Gasteiger partial charge on any atom is -0.324 e. The zero-order valence-corrected chi connectivity index (χ0v) is 10.9. The van der Waals surface area contributed by atoms with Crippen LogP contribution in [0.3, 0.4) is 0 Å². The third kappa shape index (κ3) is 3.08. The van der Waals surface area contributed by atoms with Gasteiger partial charge < -0.3 is 5.73 Å². The minimum atomic E-state index is 0.224. The summed E-state index contributed by atoms with van der Waals surface area (Å²) in [5, 5.41) is 0. The van der Waals surface area contributed by atoms with Crippen LogP contribution in [0.5, 0.6) is 0 Å². The molecule has 0 aliphatic carbocycles. The Labute approximate surface area is 100 Å². The second-order valence-electron chi connectivity index (χ2n) is 4.44. The summed E-state index contributed by atoms with van der Waals surface area (Å²) in [5.74, 6) is 0. The van der Waals surface area contributed by atoms with Gasteiger partial charge in [0.2, 0.25) is 0 Å². The van der Waals surface area contributed by atoms with E-state index in [1.807, 2.05) is 0 Å². The second-order valence-corrected chi connectivity index (χ2v) is 4.44. The summed E-state index contributed by atoms with van der Waals surface area (Å²) >= 11 is 0. The van der Waals surface area contributed by atoms with Crippen molar-refractivity contribution in [1.82, 2.24) is 0 Å². The summed E-state index contributed by atoms with van der Waals surface area (Å²) in [6.45, 7) is 6.66. The van der Waals surface area contributed by atoms with Crippen LogP contribution in [0.1, 0.15) is 62.8 Å². The molecule has 0 saturated carbocycles. The van der Waals surface area contributed by atoms with Crippen LogP contribution in [0.25, 0.3) is 0 Å². The largest absolute Gasteiger partial charge is 0.324 e. The normalized spacial score (nSPS) is 12.8. The average Bonchev–Trinajstić information content (AvgIpc) is 2.34. The summed E-state index contributed by atoms with van der Waals surface area (Å²) in [6.07, 6.45) is 5.76. The first-order valence-corrected chi connectivity index (χ1v) is 6.60. The summed E-state index contributed by atoms with van der Waals surface area (Å²) in [6, 6.07) is 6.81. The Kier molecular flexibility index (Phi) is 5.54. The summed E-state index contributed by atoms with van der Waals surface area (Å²) < 4.78 is 0. The quantitative estimate of drug-likeness (QED) is 0.769. The number of hydrogen-bond acceptors (Lipinski definition) is 1. The Hall–Kier alpha value is -0.820. The van der Waals surface area contributed by atoms with Crippen LogP contribution >= 0.6 is 0 Å². The van der Waals surface area contributed by atoms with Crippen molar-refractivity contribution in [2.24, 2.45) is 5.73 Å².